The van der Waals surface area contributed by atoms with Gasteiger partial charge in [0.15, 0.2) is 0 Å². The second-order valence-electron chi connectivity index (χ2n) is 3.81. The molecular weight excluding hydrogens is 216 g/mol. The van der Waals surface area contributed by atoms with Gasteiger partial charge in [0, 0.05) is 18.3 Å². The van der Waals surface area contributed by atoms with Crippen LogP contribution in [-0.2, 0) is 4.79 Å². The predicted molar refractivity (Wildman–Crippen MR) is 68.4 cm³/mol. The van der Waals surface area contributed by atoms with Crippen molar-refractivity contribution in [2.75, 3.05) is 5.32 Å². The van der Waals surface area contributed by atoms with Gasteiger partial charge in [-0.3, -0.25) is 4.79 Å². The van der Waals surface area contributed by atoms with Gasteiger partial charge < -0.3 is 10.5 Å². The maximum Gasteiger partial charge on any atom is 0.224 e. The summed E-state index contributed by atoms with van der Waals surface area (Å²) in [5.74, 6) is 0.0482. The molecule has 0 bridgehead atoms. The second kappa shape index (κ2) is 8.33. The maximum absolute atomic E-state index is 11.5. The molecule has 0 aromatic heterocycles. The summed E-state index contributed by atoms with van der Waals surface area (Å²) in [5, 5.41) is 13.9. The molecule has 4 nitrogen and oxygen atoms in total. The molecule has 0 radical (unpaired) electrons. The Hall–Kier alpha value is -1.84. The number of anilines is 1. The number of nitrogens with zero attached hydrogens (tertiary/aromatic N) is 1. The van der Waals surface area contributed by atoms with Gasteiger partial charge in [0.1, 0.15) is 0 Å². The van der Waals surface area contributed by atoms with E-state index in [1.54, 1.807) is 0 Å². The summed E-state index contributed by atoms with van der Waals surface area (Å²) < 4.78 is 0. The van der Waals surface area contributed by atoms with Crippen LogP contribution in [0.5, 0.6) is 0 Å². The molecule has 0 aliphatic carbocycles. The molecule has 0 saturated heterocycles. The van der Waals surface area contributed by atoms with Crippen molar-refractivity contribution in [1.29, 1.82) is 0 Å². The molecule has 2 N–H and O–H groups in total. The Morgan fingerprint density at radius 2 is 2.00 bits per heavy atom. The van der Waals surface area contributed by atoms with Crippen molar-refractivity contribution in [2.45, 2.75) is 32.1 Å². The smallest absolute Gasteiger partial charge is 0.224 e. The van der Waals surface area contributed by atoms with Gasteiger partial charge in [-0.25, -0.2) is 0 Å². The summed E-state index contributed by atoms with van der Waals surface area (Å²) >= 11 is 0. The molecule has 0 heterocycles. The predicted octanol–water partition coefficient (Wildman–Crippen LogP) is 3.04. The first-order valence-electron chi connectivity index (χ1n) is 5.83. The topological polar surface area (TPSA) is 61.7 Å². The number of para-hydroxylation sites is 1. The summed E-state index contributed by atoms with van der Waals surface area (Å²) in [6, 6.07) is 9.44. The van der Waals surface area contributed by atoms with Crippen LogP contribution >= 0.6 is 0 Å². The minimum absolute atomic E-state index is 0.0482. The third-order valence-electron chi connectivity index (χ3n) is 2.38. The molecule has 0 atom stereocenters. The molecular formula is C13H18N2O2. The van der Waals surface area contributed by atoms with Crippen LogP contribution in [0.25, 0.3) is 0 Å². The average molecular weight is 234 g/mol. The molecule has 1 aromatic carbocycles. The third-order valence-corrected chi connectivity index (χ3v) is 2.38. The zero-order valence-corrected chi connectivity index (χ0v) is 9.80. The van der Waals surface area contributed by atoms with Gasteiger partial charge in [0.2, 0.25) is 5.91 Å². The van der Waals surface area contributed by atoms with Gasteiger partial charge in [-0.2, -0.15) is 0 Å². The van der Waals surface area contributed by atoms with Crippen LogP contribution < -0.4 is 5.32 Å². The van der Waals surface area contributed by atoms with Gasteiger partial charge in [-0.15, -0.1) is 5.16 Å². The number of unbranched alkanes of at least 4 members (excludes halogenated alkanes) is 3. The van der Waals surface area contributed by atoms with Crippen molar-refractivity contribution in [3.63, 3.8) is 0 Å². The van der Waals surface area contributed by atoms with Crippen molar-refractivity contribution in [1.82, 2.24) is 0 Å². The number of hydrogen-bond donors (Lipinski definition) is 2. The zero-order valence-electron chi connectivity index (χ0n) is 9.80. The van der Waals surface area contributed by atoms with Crippen molar-refractivity contribution >= 4 is 17.8 Å². The third kappa shape index (κ3) is 6.35. The Morgan fingerprint density at radius 3 is 2.71 bits per heavy atom. The molecule has 0 aliphatic rings. The molecule has 17 heavy (non-hydrogen) atoms. The van der Waals surface area contributed by atoms with Crippen LogP contribution in [0.3, 0.4) is 0 Å². The Bertz CT molecular complexity index is 350. The van der Waals surface area contributed by atoms with Crippen LogP contribution in [0.15, 0.2) is 35.5 Å². The number of carbonyl (C=O) groups is 1. The second-order valence-corrected chi connectivity index (χ2v) is 3.81. The lowest BCUT2D eigenvalue weighted by atomic mass is 10.1. The molecule has 0 spiro atoms. The SMILES string of the molecule is O=C(CCCCC/C=N/O)Nc1ccccc1. The highest BCUT2D eigenvalue weighted by molar-refractivity contribution is 5.90. The van der Waals surface area contributed by atoms with Crippen LogP contribution in [0, 0.1) is 0 Å². The molecule has 1 aromatic rings. The van der Waals surface area contributed by atoms with E-state index >= 15 is 0 Å². The molecule has 0 unspecified atom stereocenters. The number of carbonyl (C=O) groups excluding carboxylic acids is 1. The van der Waals surface area contributed by atoms with Gasteiger partial charge in [0.05, 0.1) is 0 Å². The Morgan fingerprint density at radius 1 is 1.24 bits per heavy atom. The zero-order chi connectivity index (χ0) is 12.3. The van der Waals surface area contributed by atoms with Crippen LogP contribution in [0.4, 0.5) is 5.69 Å². The van der Waals surface area contributed by atoms with Crippen molar-refractivity contribution in [3.05, 3.63) is 30.3 Å². The fourth-order valence-electron chi connectivity index (χ4n) is 1.50. The molecule has 0 saturated carbocycles. The number of nitrogens with one attached hydrogen (secondary N) is 1. The molecule has 0 fully saturated rings. The van der Waals surface area contributed by atoms with Crippen molar-refractivity contribution < 1.29 is 10.0 Å². The Balaban J connectivity index is 2.10. The fraction of sp³-hybridized carbons (Fsp3) is 0.385. The van der Waals surface area contributed by atoms with Gasteiger partial charge >= 0.3 is 0 Å². The summed E-state index contributed by atoms with van der Waals surface area (Å²) in [4.78, 5) is 11.5. The number of hydrogen-bond acceptors (Lipinski definition) is 3. The van der Waals surface area contributed by atoms with E-state index in [0.717, 1.165) is 31.4 Å². The van der Waals surface area contributed by atoms with E-state index in [0.29, 0.717) is 6.42 Å². The minimum atomic E-state index is 0.0482. The molecule has 1 amide bonds. The quantitative estimate of drug-likeness (QED) is 0.329. The fourth-order valence-corrected chi connectivity index (χ4v) is 1.50. The number of oxime groups is 1. The van der Waals surface area contributed by atoms with Gasteiger partial charge in [0.25, 0.3) is 0 Å². The lowest BCUT2D eigenvalue weighted by Crippen LogP contribution is -2.10. The number of benzene rings is 1. The highest BCUT2D eigenvalue weighted by atomic mass is 16.4. The first kappa shape index (κ1) is 13.2. The lowest BCUT2D eigenvalue weighted by molar-refractivity contribution is -0.116. The average Bonchev–Trinajstić information content (AvgIpc) is 2.35. The Kier molecular flexibility index (Phi) is 6.48. The first-order chi connectivity index (χ1) is 8.33. The molecule has 0 aliphatic heterocycles. The monoisotopic (exact) mass is 234 g/mol. The van der Waals surface area contributed by atoms with E-state index in [9.17, 15) is 4.79 Å². The van der Waals surface area contributed by atoms with Crippen LogP contribution in [0.1, 0.15) is 32.1 Å². The molecule has 92 valence electrons. The summed E-state index contributed by atoms with van der Waals surface area (Å²) in [6.07, 6.45) is 5.54. The standard InChI is InChI=1S/C13H18N2O2/c16-13(10-6-1-2-7-11-14-17)15-12-8-4-3-5-9-12/h3-5,8-9,11,17H,1-2,6-7,10H2,(H,15,16)/b14-11+. The van der Waals surface area contributed by atoms with E-state index in [1.165, 1.54) is 6.21 Å². The lowest BCUT2D eigenvalue weighted by Gasteiger charge is -2.04. The van der Waals surface area contributed by atoms with E-state index in [4.69, 9.17) is 5.21 Å². The van der Waals surface area contributed by atoms with Crippen LogP contribution in [-0.4, -0.2) is 17.3 Å². The largest absolute Gasteiger partial charge is 0.411 e. The minimum Gasteiger partial charge on any atom is -0.411 e. The first-order valence-corrected chi connectivity index (χ1v) is 5.83. The van der Waals surface area contributed by atoms with Crippen molar-refractivity contribution in [2.24, 2.45) is 5.16 Å². The van der Waals surface area contributed by atoms with E-state index < -0.39 is 0 Å². The van der Waals surface area contributed by atoms with Crippen LogP contribution in [0.2, 0.25) is 0 Å². The highest BCUT2D eigenvalue weighted by Crippen LogP contribution is 2.07. The summed E-state index contributed by atoms with van der Waals surface area (Å²) in [7, 11) is 0. The van der Waals surface area contributed by atoms with Gasteiger partial charge in [-0.1, -0.05) is 24.6 Å². The van der Waals surface area contributed by atoms with E-state index in [-0.39, 0.29) is 5.91 Å². The summed E-state index contributed by atoms with van der Waals surface area (Å²) in [6.45, 7) is 0. The maximum atomic E-state index is 11.5. The molecule has 1 rings (SSSR count). The summed E-state index contributed by atoms with van der Waals surface area (Å²) in [5.41, 5.74) is 0.838. The number of rotatable bonds is 7. The van der Waals surface area contributed by atoms with Gasteiger partial charge in [-0.05, 0) is 31.4 Å². The van der Waals surface area contributed by atoms with Crippen molar-refractivity contribution in [3.8, 4) is 0 Å². The molecule has 4 heteroatoms. The highest BCUT2D eigenvalue weighted by Gasteiger charge is 2.00. The normalized spacial score (nSPS) is 10.6. The Labute approximate surface area is 101 Å². The van der Waals surface area contributed by atoms with E-state index in [2.05, 4.69) is 10.5 Å². The number of amides is 1. The van der Waals surface area contributed by atoms with E-state index in [1.807, 2.05) is 30.3 Å².